The SMILES string of the molecule is CCc1cn(C)c(OCCc2ccc(Oc3ccc(C(F)(F)F)nc3)cc2)nc1=O. The smallest absolute Gasteiger partial charge is 0.433 e. The Kier molecular flexibility index (Phi) is 6.39. The summed E-state index contributed by atoms with van der Waals surface area (Å²) in [5.74, 6) is 0.682. The molecule has 0 aliphatic rings. The molecule has 0 fully saturated rings. The second kappa shape index (κ2) is 8.98. The zero-order valence-electron chi connectivity index (χ0n) is 16.4. The van der Waals surface area contributed by atoms with Crippen molar-refractivity contribution in [3.05, 3.63) is 76.0 Å². The van der Waals surface area contributed by atoms with E-state index in [0.29, 0.717) is 30.8 Å². The maximum Gasteiger partial charge on any atom is 0.433 e. The second-order valence-electron chi connectivity index (χ2n) is 6.54. The molecule has 0 aliphatic carbocycles. The predicted octanol–water partition coefficient (Wildman–Crippen LogP) is 4.17. The lowest BCUT2D eigenvalue weighted by molar-refractivity contribution is -0.141. The van der Waals surface area contributed by atoms with Gasteiger partial charge in [0.1, 0.15) is 17.2 Å². The van der Waals surface area contributed by atoms with Crippen molar-refractivity contribution >= 4 is 0 Å². The van der Waals surface area contributed by atoms with E-state index in [2.05, 4.69) is 9.97 Å². The average Bonchev–Trinajstić information content (AvgIpc) is 2.71. The lowest BCUT2D eigenvalue weighted by atomic mass is 10.1. The fourth-order valence-electron chi connectivity index (χ4n) is 2.69. The van der Waals surface area contributed by atoms with Crippen LogP contribution in [0.4, 0.5) is 13.2 Å². The fraction of sp³-hybridized carbons (Fsp3) is 0.286. The third kappa shape index (κ3) is 5.37. The minimum atomic E-state index is -4.48. The Labute approximate surface area is 170 Å². The molecule has 3 rings (SSSR count). The maximum atomic E-state index is 12.5. The maximum absolute atomic E-state index is 12.5. The number of benzene rings is 1. The highest BCUT2D eigenvalue weighted by Gasteiger charge is 2.32. The number of halogens is 3. The first-order valence-electron chi connectivity index (χ1n) is 9.25. The summed E-state index contributed by atoms with van der Waals surface area (Å²) in [6.45, 7) is 2.22. The monoisotopic (exact) mass is 419 g/mol. The van der Waals surface area contributed by atoms with Crippen LogP contribution in [-0.4, -0.2) is 21.1 Å². The highest BCUT2D eigenvalue weighted by atomic mass is 19.4. The van der Waals surface area contributed by atoms with Crippen molar-refractivity contribution in [2.24, 2.45) is 7.05 Å². The lowest BCUT2D eigenvalue weighted by Crippen LogP contribution is -2.19. The van der Waals surface area contributed by atoms with Gasteiger partial charge in [0.2, 0.25) is 0 Å². The molecule has 0 atom stereocenters. The van der Waals surface area contributed by atoms with Gasteiger partial charge in [-0.05, 0) is 36.2 Å². The Morgan fingerprint density at radius 3 is 2.37 bits per heavy atom. The van der Waals surface area contributed by atoms with Gasteiger partial charge < -0.3 is 14.0 Å². The van der Waals surface area contributed by atoms with Crippen molar-refractivity contribution < 1.29 is 22.6 Å². The van der Waals surface area contributed by atoms with E-state index in [-0.39, 0.29) is 17.3 Å². The van der Waals surface area contributed by atoms with E-state index in [1.807, 2.05) is 19.1 Å². The van der Waals surface area contributed by atoms with E-state index in [0.717, 1.165) is 17.8 Å². The number of aromatic nitrogens is 3. The van der Waals surface area contributed by atoms with Crippen LogP contribution in [0.5, 0.6) is 17.5 Å². The van der Waals surface area contributed by atoms with Crippen LogP contribution >= 0.6 is 0 Å². The van der Waals surface area contributed by atoms with Crippen LogP contribution in [0.2, 0.25) is 0 Å². The van der Waals surface area contributed by atoms with Crippen molar-refractivity contribution in [3.8, 4) is 17.5 Å². The number of ether oxygens (including phenoxy) is 2. The van der Waals surface area contributed by atoms with Gasteiger partial charge in [-0.1, -0.05) is 19.1 Å². The van der Waals surface area contributed by atoms with E-state index in [4.69, 9.17) is 9.47 Å². The molecule has 0 N–H and O–H groups in total. The minimum Gasteiger partial charge on any atom is -0.464 e. The first-order valence-corrected chi connectivity index (χ1v) is 9.25. The Balaban J connectivity index is 1.55. The first kappa shape index (κ1) is 21.4. The molecule has 0 unspecified atom stereocenters. The van der Waals surface area contributed by atoms with Gasteiger partial charge in [0.15, 0.2) is 0 Å². The third-order valence-corrected chi connectivity index (χ3v) is 4.31. The minimum absolute atomic E-state index is 0.210. The van der Waals surface area contributed by atoms with Crippen LogP contribution in [-0.2, 0) is 26.1 Å². The average molecular weight is 419 g/mol. The Morgan fingerprint density at radius 1 is 1.07 bits per heavy atom. The molecule has 2 aromatic heterocycles. The van der Waals surface area contributed by atoms with Gasteiger partial charge in [0.05, 0.1) is 12.8 Å². The second-order valence-corrected chi connectivity index (χ2v) is 6.54. The Bertz CT molecular complexity index is 1050. The van der Waals surface area contributed by atoms with E-state index < -0.39 is 11.9 Å². The van der Waals surface area contributed by atoms with Gasteiger partial charge >= 0.3 is 6.18 Å². The Morgan fingerprint density at radius 2 is 1.77 bits per heavy atom. The van der Waals surface area contributed by atoms with Crippen LogP contribution in [0.3, 0.4) is 0 Å². The summed E-state index contributed by atoms with van der Waals surface area (Å²) in [4.78, 5) is 19.1. The number of aryl methyl sites for hydroxylation is 2. The van der Waals surface area contributed by atoms with Gasteiger partial charge in [-0.25, -0.2) is 4.98 Å². The molecular formula is C21H20F3N3O3. The summed E-state index contributed by atoms with van der Waals surface area (Å²) in [6, 6.07) is 9.40. The van der Waals surface area contributed by atoms with Crippen molar-refractivity contribution in [2.75, 3.05) is 6.61 Å². The summed E-state index contributed by atoms with van der Waals surface area (Å²) in [5, 5.41) is 0. The van der Waals surface area contributed by atoms with Crippen LogP contribution in [0, 0.1) is 0 Å². The van der Waals surface area contributed by atoms with Crippen molar-refractivity contribution in [2.45, 2.75) is 25.9 Å². The fourth-order valence-corrected chi connectivity index (χ4v) is 2.69. The molecule has 0 radical (unpaired) electrons. The topological polar surface area (TPSA) is 66.2 Å². The molecule has 0 saturated heterocycles. The number of nitrogens with zero attached hydrogens (tertiary/aromatic N) is 3. The van der Waals surface area contributed by atoms with Gasteiger partial charge in [-0.3, -0.25) is 4.79 Å². The lowest BCUT2D eigenvalue weighted by Gasteiger charge is -2.11. The third-order valence-electron chi connectivity index (χ3n) is 4.31. The summed E-state index contributed by atoms with van der Waals surface area (Å²) in [6.07, 6.45) is -0.550. The number of rotatable bonds is 7. The zero-order chi connectivity index (χ0) is 21.7. The summed E-state index contributed by atoms with van der Waals surface area (Å²) >= 11 is 0. The molecule has 0 amide bonds. The molecule has 0 aliphatic heterocycles. The van der Waals surface area contributed by atoms with Crippen molar-refractivity contribution in [1.82, 2.24) is 14.5 Å². The first-order chi connectivity index (χ1) is 14.3. The van der Waals surface area contributed by atoms with Crippen LogP contribution < -0.4 is 15.0 Å². The highest BCUT2D eigenvalue weighted by molar-refractivity contribution is 5.32. The largest absolute Gasteiger partial charge is 0.464 e. The molecule has 30 heavy (non-hydrogen) atoms. The zero-order valence-corrected chi connectivity index (χ0v) is 16.4. The molecular weight excluding hydrogens is 399 g/mol. The van der Waals surface area contributed by atoms with Crippen molar-refractivity contribution in [1.29, 1.82) is 0 Å². The van der Waals surface area contributed by atoms with E-state index in [1.165, 1.54) is 6.07 Å². The quantitative estimate of drug-likeness (QED) is 0.575. The molecule has 0 spiro atoms. The van der Waals surface area contributed by atoms with Crippen LogP contribution in [0.1, 0.15) is 23.7 Å². The number of pyridine rings is 1. The molecule has 158 valence electrons. The van der Waals surface area contributed by atoms with Crippen LogP contribution in [0.15, 0.2) is 53.6 Å². The molecule has 6 nitrogen and oxygen atoms in total. The van der Waals surface area contributed by atoms with Gasteiger partial charge in [-0.15, -0.1) is 0 Å². The Hall–Kier alpha value is -3.36. The van der Waals surface area contributed by atoms with Gasteiger partial charge in [-0.2, -0.15) is 18.2 Å². The number of alkyl halides is 3. The molecule has 2 heterocycles. The highest BCUT2D eigenvalue weighted by Crippen LogP contribution is 2.29. The van der Waals surface area contributed by atoms with Gasteiger partial charge in [0.25, 0.3) is 11.6 Å². The van der Waals surface area contributed by atoms with Crippen molar-refractivity contribution in [3.63, 3.8) is 0 Å². The molecule has 1 aromatic carbocycles. The molecule has 0 saturated carbocycles. The summed E-state index contributed by atoms with van der Waals surface area (Å²) < 4.78 is 50.4. The number of hydrogen-bond acceptors (Lipinski definition) is 5. The molecule has 0 bridgehead atoms. The summed E-state index contributed by atoms with van der Waals surface area (Å²) in [7, 11) is 1.77. The standard InChI is InChI=1S/C21H20F3N3O3/c1-3-15-13-27(2)20(26-19(15)28)29-11-10-14-4-6-16(7-5-14)30-17-8-9-18(25-12-17)21(22,23)24/h4-9,12-13H,3,10-11H2,1-2H3. The van der Waals surface area contributed by atoms with Crippen LogP contribution in [0.25, 0.3) is 0 Å². The number of hydrogen-bond donors (Lipinski definition) is 0. The summed E-state index contributed by atoms with van der Waals surface area (Å²) in [5.41, 5.74) is 0.332. The molecule has 3 aromatic rings. The predicted molar refractivity (Wildman–Crippen MR) is 104 cm³/mol. The van der Waals surface area contributed by atoms with E-state index in [9.17, 15) is 18.0 Å². The molecule has 9 heteroatoms. The van der Waals surface area contributed by atoms with Gasteiger partial charge in [0, 0.05) is 25.2 Å². The van der Waals surface area contributed by atoms with E-state index >= 15 is 0 Å². The van der Waals surface area contributed by atoms with E-state index in [1.54, 1.807) is 29.9 Å². The normalized spacial score (nSPS) is 11.4.